The first-order valence-corrected chi connectivity index (χ1v) is 6.82. The summed E-state index contributed by atoms with van der Waals surface area (Å²) in [5.74, 6) is -0.849. The van der Waals surface area contributed by atoms with E-state index in [0.29, 0.717) is 12.5 Å². The Labute approximate surface area is 127 Å². The van der Waals surface area contributed by atoms with E-state index in [0.717, 1.165) is 0 Å². The van der Waals surface area contributed by atoms with Crippen molar-refractivity contribution < 1.29 is 19.1 Å². The molecule has 0 saturated heterocycles. The van der Waals surface area contributed by atoms with Crippen LogP contribution in [0.4, 0.5) is 10.7 Å². The Kier molecular flexibility index (Phi) is 7.31. The largest absolute Gasteiger partial charge is 0.452 e. The SMILES string of the molecule is CCNC(=O)NC(=O)C(C)OC(=O)CCNc1ncccn1. The Hall–Kier alpha value is -2.71. The second-order valence-corrected chi connectivity index (χ2v) is 4.23. The van der Waals surface area contributed by atoms with E-state index < -0.39 is 24.0 Å². The lowest BCUT2D eigenvalue weighted by atomic mass is 10.3. The quantitative estimate of drug-likeness (QED) is 0.608. The number of nitrogens with zero attached hydrogens (tertiary/aromatic N) is 2. The molecule has 3 N–H and O–H groups in total. The summed E-state index contributed by atoms with van der Waals surface area (Å²) in [5, 5.41) is 7.31. The molecule has 1 heterocycles. The third kappa shape index (κ3) is 6.64. The molecule has 0 aromatic carbocycles. The molecule has 0 saturated carbocycles. The molecule has 0 aliphatic carbocycles. The zero-order valence-electron chi connectivity index (χ0n) is 12.5. The lowest BCUT2D eigenvalue weighted by Crippen LogP contribution is -2.44. The number of anilines is 1. The van der Waals surface area contributed by atoms with Gasteiger partial charge < -0.3 is 15.4 Å². The summed E-state index contributed by atoms with van der Waals surface area (Å²) in [6, 6.07) is 1.05. The molecule has 9 heteroatoms. The van der Waals surface area contributed by atoms with Gasteiger partial charge in [0.25, 0.3) is 5.91 Å². The third-order valence-electron chi connectivity index (χ3n) is 2.43. The van der Waals surface area contributed by atoms with Crippen LogP contribution >= 0.6 is 0 Å². The van der Waals surface area contributed by atoms with E-state index in [9.17, 15) is 14.4 Å². The first kappa shape index (κ1) is 17.3. The molecule has 3 amide bonds. The maximum atomic E-state index is 11.6. The molecule has 9 nitrogen and oxygen atoms in total. The van der Waals surface area contributed by atoms with Gasteiger partial charge in [-0.1, -0.05) is 0 Å². The Morgan fingerprint density at radius 2 is 1.95 bits per heavy atom. The van der Waals surface area contributed by atoms with Crippen molar-refractivity contribution in [3.05, 3.63) is 18.5 Å². The number of amides is 3. The highest BCUT2D eigenvalue weighted by Crippen LogP contribution is 1.98. The van der Waals surface area contributed by atoms with Crippen LogP contribution in [0.25, 0.3) is 0 Å². The third-order valence-corrected chi connectivity index (χ3v) is 2.43. The van der Waals surface area contributed by atoms with Crippen LogP contribution in [0, 0.1) is 0 Å². The standard InChI is InChI=1S/C13H19N5O4/c1-3-14-13(21)18-11(20)9(2)22-10(19)5-8-17-12-15-6-4-7-16-12/h4,6-7,9H,3,5,8H2,1-2H3,(H,15,16,17)(H2,14,18,20,21). The summed E-state index contributed by atoms with van der Waals surface area (Å²) in [6.07, 6.45) is 2.13. The van der Waals surface area contributed by atoms with Crippen LogP contribution in [0.1, 0.15) is 20.3 Å². The zero-order valence-corrected chi connectivity index (χ0v) is 12.5. The average Bonchev–Trinajstić information content (AvgIpc) is 2.48. The van der Waals surface area contributed by atoms with Gasteiger partial charge in [-0.2, -0.15) is 0 Å². The van der Waals surface area contributed by atoms with Crippen LogP contribution < -0.4 is 16.0 Å². The minimum absolute atomic E-state index is 0.0387. The molecule has 1 atom stereocenters. The van der Waals surface area contributed by atoms with Gasteiger partial charge in [0, 0.05) is 25.5 Å². The predicted molar refractivity (Wildman–Crippen MR) is 77.9 cm³/mol. The summed E-state index contributed by atoms with van der Waals surface area (Å²) < 4.78 is 4.92. The first-order chi connectivity index (χ1) is 10.5. The molecule has 0 aliphatic rings. The van der Waals surface area contributed by atoms with Crippen molar-refractivity contribution in [3.63, 3.8) is 0 Å². The Bertz CT molecular complexity index is 508. The second kappa shape index (κ2) is 9.27. The minimum Gasteiger partial charge on any atom is -0.452 e. The van der Waals surface area contributed by atoms with E-state index in [2.05, 4.69) is 25.9 Å². The number of carbonyl (C=O) groups excluding carboxylic acids is 3. The Morgan fingerprint density at radius 1 is 1.27 bits per heavy atom. The molecular weight excluding hydrogens is 290 g/mol. The topological polar surface area (TPSA) is 122 Å². The van der Waals surface area contributed by atoms with E-state index in [4.69, 9.17) is 4.74 Å². The summed E-state index contributed by atoms with van der Waals surface area (Å²) in [6.45, 7) is 3.77. The highest BCUT2D eigenvalue weighted by Gasteiger charge is 2.19. The van der Waals surface area contributed by atoms with Gasteiger partial charge in [0.05, 0.1) is 6.42 Å². The number of esters is 1. The van der Waals surface area contributed by atoms with E-state index in [1.807, 2.05) is 0 Å². The molecule has 1 rings (SSSR count). The zero-order chi connectivity index (χ0) is 16.4. The molecule has 22 heavy (non-hydrogen) atoms. The van der Waals surface area contributed by atoms with Crippen molar-refractivity contribution in [3.8, 4) is 0 Å². The summed E-state index contributed by atoms with van der Waals surface area (Å²) in [7, 11) is 0. The highest BCUT2D eigenvalue weighted by molar-refractivity contribution is 5.97. The van der Waals surface area contributed by atoms with Crippen molar-refractivity contribution in [2.45, 2.75) is 26.4 Å². The number of urea groups is 1. The molecule has 0 fully saturated rings. The van der Waals surface area contributed by atoms with Crippen molar-refractivity contribution in [1.82, 2.24) is 20.6 Å². The van der Waals surface area contributed by atoms with Gasteiger partial charge >= 0.3 is 12.0 Å². The molecule has 0 aliphatic heterocycles. The second-order valence-electron chi connectivity index (χ2n) is 4.23. The monoisotopic (exact) mass is 309 g/mol. The minimum atomic E-state index is -1.05. The fourth-order valence-corrected chi connectivity index (χ4v) is 1.39. The number of hydrogen-bond acceptors (Lipinski definition) is 7. The van der Waals surface area contributed by atoms with Crippen LogP contribution in [0.15, 0.2) is 18.5 Å². The lowest BCUT2D eigenvalue weighted by molar-refractivity contribution is -0.154. The summed E-state index contributed by atoms with van der Waals surface area (Å²) >= 11 is 0. The van der Waals surface area contributed by atoms with Crippen LogP contribution in [0.3, 0.4) is 0 Å². The molecule has 1 aromatic heterocycles. The van der Waals surface area contributed by atoms with Gasteiger partial charge in [0.15, 0.2) is 6.10 Å². The summed E-state index contributed by atoms with van der Waals surface area (Å²) in [5.41, 5.74) is 0. The van der Waals surface area contributed by atoms with Crippen molar-refractivity contribution in [2.24, 2.45) is 0 Å². The number of hydrogen-bond donors (Lipinski definition) is 3. The number of carbonyl (C=O) groups is 3. The fraction of sp³-hybridized carbons (Fsp3) is 0.462. The average molecular weight is 309 g/mol. The number of rotatable bonds is 7. The van der Waals surface area contributed by atoms with E-state index in [1.54, 1.807) is 25.4 Å². The van der Waals surface area contributed by atoms with Gasteiger partial charge in [-0.25, -0.2) is 14.8 Å². The molecule has 0 bridgehead atoms. The van der Waals surface area contributed by atoms with Gasteiger partial charge in [-0.3, -0.25) is 14.9 Å². The number of aromatic nitrogens is 2. The molecule has 1 unspecified atom stereocenters. The van der Waals surface area contributed by atoms with Gasteiger partial charge in [0.1, 0.15) is 0 Å². The Morgan fingerprint density at radius 3 is 2.59 bits per heavy atom. The van der Waals surface area contributed by atoms with Crippen LogP contribution in [0.2, 0.25) is 0 Å². The van der Waals surface area contributed by atoms with E-state index >= 15 is 0 Å². The fourth-order valence-electron chi connectivity index (χ4n) is 1.39. The highest BCUT2D eigenvalue weighted by atomic mass is 16.5. The van der Waals surface area contributed by atoms with Crippen LogP contribution in [0.5, 0.6) is 0 Å². The maximum Gasteiger partial charge on any atom is 0.321 e. The van der Waals surface area contributed by atoms with Crippen molar-refractivity contribution in [2.75, 3.05) is 18.4 Å². The van der Waals surface area contributed by atoms with Crippen LogP contribution in [-0.4, -0.2) is 47.1 Å². The normalized spacial score (nSPS) is 11.2. The maximum absolute atomic E-state index is 11.6. The summed E-state index contributed by atoms with van der Waals surface area (Å²) in [4.78, 5) is 42.2. The van der Waals surface area contributed by atoms with Gasteiger partial charge in [0.2, 0.25) is 5.95 Å². The predicted octanol–water partition coefficient (Wildman–Crippen LogP) is 0.0560. The molecule has 0 spiro atoms. The van der Waals surface area contributed by atoms with Crippen LogP contribution in [-0.2, 0) is 14.3 Å². The van der Waals surface area contributed by atoms with Crippen molar-refractivity contribution >= 4 is 23.9 Å². The molecule has 120 valence electrons. The Balaban J connectivity index is 2.26. The smallest absolute Gasteiger partial charge is 0.321 e. The van der Waals surface area contributed by atoms with Gasteiger partial charge in [-0.05, 0) is 19.9 Å². The van der Waals surface area contributed by atoms with Crippen molar-refractivity contribution in [1.29, 1.82) is 0 Å². The van der Waals surface area contributed by atoms with E-state index in [-0.39, 0.29) is 13.0 Å². The molecule has 1 aromatic rings. The number of ether oxygens (including phenoxy) is 1. The lowest BCUT2D eigenvalue weighted by Gasteiger charge is -2.13. The first-order valence-electron chi connectivity index (χ1n) is 6.82. The molecule has 0 radical (unpaired) electrons. The van der Waals surface area contributed by atoms with E-state index in [1.165, 1.54) is 6.92 Å². The number of nitrogens with one attached hydrogen (secondary N) is 3. The molecular formula is C13H19N5O4. The number of imide groups is 1. The van der Waals surface area contributed by atoms with Gasteiger partial charge in [-0.15, -0.1) is 0 Å².